The van der Waals surface area contributed by atoms with Crippen LogP contribution in [0.4, 0.5) is 0 Å². The summed E-state index contributed by atoms with van der Waals surface area (Å²) in [6.07, 6.45) is 2.36. The average Bonchev–Trinajstić information content (AvgIpc) is 2.95. The Bertz CT molecular complexity index is 300. The Balaban J connectivity index is 1.99. The molecule has 17 heavy (non-hydrogen) atoms. The van der Waals surface area contributed by atoms with E-state index in [2.05, 4.69) is 17.6 Å². The van der Waals surface area contributed by atoms with Gasteiger partial charge in [-0.1, -0.05) is 6.92 Å². The molecule has 5 heteroatoms. The molecule has 0 radical (unpaired) electrons. The highest BCUT2D eigenvalue weighted by Gasteiger charge is 2.34. The molecule has 2 amide bonds. The average molecular weight is 239 g/mol. The first-order chi connectivity index (χ1) is 8.22. The molecule has 2 heterocycles. The van der Waals surface area contributed by atoms with Crippen molar-refractivity contribution in [3.63, 3.8) is 0 Å². The fourth-order valence-electron chi connectivity index (χ4n) is 2.63. The number of hydrogen-bond donors (Lipinski definition) is 2. The number of nitrogens with zero attached hydrogens (tertiary/aromatic N) is 1. The first-order valence-corrected chi connectivity index (χ1v) is 6.50. The van der Waals surface area contributed by atoms with E-state index in [4.69, 9.17) is 0 Å². The zero-order valence-corrected chi connectivity index (χ0v) is 10.4. The summed E-state index contributed by atoms with van der Waals surface area (Å²) < 4.78 is 0. The van der Waals surface area contributed by atoms with Crippen LogP contribution in [0.5, 0.6) is 0 Å². The first-order valence-electron chi connectivity index (χ1n) is 6.50. The van der Waals surface area contributed by atoms with Crippen LogP contribution in [0.2, 0.25) is 0 Å². The Morgan fingerprint density at radius 3 is 2.82 bits per heavy atom. The molecule has 2 N–H and O–H groups in total. The molecule has 2 atom stereocenters. The van der Waals surface area contributed by atoms with Crippen molar-refractivity contribution < 1.29 is 9.59 Å². The minimum Gasteiger partial charge on any atom is -0.355 e. The van der Waals surface area contributed by atoms with Crippen LogP contribution >= 0.6 is 0 Å². The predicted molar refractivity (Wildman–Crippen MR) is 64.4 cm³/mol. The normalized spacial score (nSPS) is 28.2. The lowest BCUT2D eigenvalue weighted by Gasteiger charge is -2.30. The molecule has 2 aliphatic heterocycles. The molecular weight excluding hydrogens is 218 g/mol. The molecule has 0 bridgehead atoms. The largest absolute Gasteiger partial charge is 0.355 e. The van der Waals surface area contributed by atoms with Crippen molar-refractivity contribution in [3.05, 3.63) is 0 Å². The third-order valence-electron chi connectivity index (χ3n) is 3.55. The standard InChI is InChI=1S/C12H21N3O2/c1-2-5-15(10-3-4-13-8-10)12(17)9-6-11(16)14-7-9/h9-10,13H,2-8H2,1H3,(H,14,16). The Morgan fingerprint density at radius 1 is 1.47 bits per heavy atom. The lowest BCUT2D eigenvalue weighted by Crippen LogP contribution is -2.45. The molecule has 96 valence electrons. The summed E-state index contributed by atoms with van der Waals surface area (Å²) in [5.74, 6) is 0.0119. The molecule has 2 aliphatic rings. The monoisotopic (exact) mass is 239 g/mol. The number of carbonyl (C=O) groups is 2. The van der Waals surface area contributed by atoms with Gasteiger partial charge in [-0.15, -0.1) is 0 Å². The van der Waals surface area contributed by atoms with E-state index in [0.29, 0.717) is 19.0 Å². The van der Waals surface area contributed by atoms with Crippen LogP contribution in [-0.4, -0.2) is 48.9 Å². The van der Waals surface area contributed by atoms with Crippen LogP contribution in [0.1, 0.15) is 26.2 Å². The zero-order chi connectivity index (χ0) is 12.3. The summed E-state index contributed by atoms with van der Waals surface area (Å²) in [5, 5.41) is 6.02. The van der Waals surface area contributed by atoms with Crippen molar-refractivity contribution in [1.82, 2.24) is 15.5 Å². The van der Waals surface area contributed by atoms with E-state index in [1.807, 2.05) is 4.90 Å². The fraction of sp³-hybridized carbons (Fsp3) is 0.833. The quantitative estimate of drug-likeness (QED) is 0.709. The minimum absolute atomic E-state index is 0.00402. The van der Waals surface area contributed by atoms with Gasteiger partial charge in [-0.05, 0) is 19.4 Å². The van der Waals surface area contributed by atoms with E-state index >= 15 is 0 Å². The maximum atomic E-state index is 12.4. The van der Waals surface area contributed by atoms with E-state index in [9.17, 15) is 9.59 Å². The van der Waals surface area contributed by atoms with E-state index in [-0.39, 0.29) is 17.7 Å². The van der Waals surface area contributed by atoms with Crippen LogP contribution in [0.3, 0.4) is 0 Å². The van der Waals surface area contributed by atoms with Crippen molar-refractivity contribution in [2.75, 3.05) is 26.2 Å². The van der Waals surface area contributed by atoms with Crippen molar-refractivity contribution in [2.24, 2.45) is 5.92 Å². The molecular formula is C12H21N3O2. The Kier molecular flexibility index (Phi) is 3.99. The zero-order valence-electron chi connectivity index (χ0n) is 10.4. The van der Waals surface area contributed by atoms with Gasteiger partial charge in [0.1, 0.15) is 0 Å². The number of carbonyl (C=O) groups excluding carboxylic acids is 2. The number of hydrogen-bond acceptors (Lipinski definition) is 3. The lowest BCUT2D eigenvalue weighted by molar-refractivity contribution is -0.137. The van der Waals surface area contributed by atoms with Gasteiger partial charge in [0.15, 0.2) is 0 Å². The summed E-state index contributed by atoms with van der Waals surface area (Å²) in [5.41, 5.74) is 0. The van der Waals surface area contributed by atoms with Crippen molar-refractivity contribution in [2.45, 2.75) is 32.2 Å². The van der Waals surface area contributed by atoms with Gasteiger partial charge in [0.05, 0.1) is 5.92 Å². The lowest BCUT2D eigenvalue weighted by atomic mass is 10.0. The third kappa shape index (κ3) is 2.77. The Morgan fingerprint density at radius 2 is 2.29 bits per heavy atom. The second kappa shape index (κ2) is 5.49. The van der Waals surface area contributed by atoms with E-state index in [0.717, 1.165) is 32.5 Å². The summed E-state index contributed by atoms with van der Waals surface area (Å²) in [6.45, 7) is 5.27. The maximum Gasteiger partial charge on any atom is 0.228 e. The number of nitrogens with one attached hydrogen (secondary N) is 2. The second-order valence-corrected chi connectivity index (χ2v) is 4.88. The van der Waals surface area contributed by atoms with Gasteiger partial charge in [0, 0.05) is 32.1 Å². The topological polar surface area (TPSA) is 61.4 Å². The van der Waals surface area contributed by atoms with Crippen molar-refractivity contribution >= 4 is 11.8 Å². The summed E-state index contributed by atoms with van der Waals surface area (Å²) in [7, 11) is 0. The fourth-order valence-corrected chi connectivity index (χ4v) is 2.63. The van der Waals surface area contributed by atoms with E-state index in [1.165, 1.54) is 0 Å². The minimum atomic E-state index is -0.144. The molecule has 0 saturated carbocycles. The maximum absolute atomic E-state index is 12.4. The second-order valence-electron chi connectivity index (χ2n) is 4.88. The van der Waals surface area contributed by atoms with Crippen molar-refractivity contribution in [3.8, 4) is 0 Å². The molecule has 0 aromatic rings. The Hall–Kier alpha value is -1.10. The van der Waals surface area contributed by atoms with Crippen LogP contribution in [0.25, 0.3) is 0 Å². The van der Waals surface area contributed by atoms with Crippen LogP contribution < -0.4 is 10.6 Å². The van der Waals surface area contributed by atoms with Crippen LogP contribution in [0, 0.1) is 5.92 Å². The molecule has 0 aromatic heterocycles. The molecule has 0 aliphatic carbocycles. The van der Waals surface area contributed by atoms with Gasteiger partial charge < -0.3 is 15.5 Å². The summed E-state index contributed by atoms with van der Waals surface area (Å²) in [6, 6.07) is 0.318. The van der Waals surface area contributed by atoms with Crippen molar-refractivity contribution in [1.29, 1.82) is 0 Å². The molecule has 2 rings (SSSR count). The van der Waals surface area contributed by atoms with Crippen LogP contribution in [-0.2, 0) is 9.59 Å². The smallest absolute Gasteiger partial charge is 0.228 e. The third-order valence-corrected chi connectivity index (χ3v) is 3.55. The van der Waals surface area contributed by atoms with E-state index in [1.54, 1.807) is 0 Å². The van der Waals surface area contributed by atoms with Gasteiger partial charge in [-0.2, -0.15) is 0 Å². The number of amides is 2. The van der Waals surface area contributed by atoms with Crippen LogP contribution in [0.15, 0.2) is 0 Å². The van der Waals surface area contributed by atoms with Gasteiger partial charge in [0.25, 0.3) is 0 Å². The molecule has 0 aromatic carbocycles. The molecule has 2 unspecified atom stereocenters. The molecule has 2 saturated heterocycles. The van der Waals surface area contributed by atoms with Gasteiger partial charge in [0.2, 0.25) is 11.8 Å². The Labute approximate surface area is 102 Å². The first kappa shape index (κ1) is 12.4. The van der Waals surface area contributed by atoms with E-state index < -0.39 is 0 Å². The highest BCUT2D eigenvalue weighted by atomic mass is 16.2. The predicted octanol–water partition coefficient (Wildman–Crippen LogP) is -0.277. The highest BCUT2D eigenvalue weighted by molar-refractivity contribution is 5.89. The van der Waals surface area contributed by atoms with Gasteiger partial charge >= 0.3 is 0 Å². The van der Waals surface area contributed by atoms with Gasteiger partial charge in [-0.3, -0.25) is 9.59 Å². The van der Waals surface area contributed by atoms with Gasteiger partial charge in [-0.25, -0.2) is 0 Å². The summed E-state index contributed by atoms with van der Waals surface area (Å²) >= 11 is 0. The number of rotatable bonds is 4. The highest BCUT2D eigenvalue weighted by Crippen LogP contribution is 2.17. The summed E-state index contributed by atoms with van der Waals surface area (Å²) in [4.78, 5) is 25.5. The molecule has 0 spiro atoms. The molecule has 5 nitrogen and oxygen atoms in total. The molecule has 2 fully saturated rings. The SMILES string of the molecule is CCCN(C(=O)C1CNC(=O)C1)C1CCNC1.